The number of rotatable bonds is 5. The van der Waals surface area contributed by atoms with Gasteiger partial charge in [0.05, 0.1) is 16.1 Å². The van der Waals surface area contributed by atoms with E-state index >= 15 is 0 Å². The molecular weight excluding hydrogens is 433 g/mol. The van der Waals surface area contributed by atoms with Crippen LogP contribution in [0, 0.1) is 0 Å². The Morgan fingerprint density at radius 2 is 1.84 bits per heavy atom. The summed E-state index contributed by atoms with van der Waals surface area (Å²) in [4.78, 5) is 7.77. The summed E-state index contributed by atoms with van der Waals surface area (Å²) in [5.74, 6) is -0.509. The highest BCUT2D eigenvalue weighted by molar-refractivity contribution is 7.91. The second-order valence-electron chi connectivity index (χ2n) is 6.54. The Morgan fingerprint density at radius 3 is 2.45 bits per heavy atom. The maximum absolute atomic E-state index is 13.4. The van der Waals surface area contributed by atoms with Gasteiger partial charge in [-0.3, -0.25) is 4.98 Å². The van der Waals surface area contributed by atoms with Gasteiger partial charge in [0.2, 0.25) is 9.84 Å². The largest absolute Gasteiger partial charge is 0.573 e. The number of alkyl halides is 3. The molecule has 0 spiro atoms. The number of benzene rings is 2. The van der Waals surface area contributed by atoms with Gasteiger partial charge < -0.3 is 4.74 Å². The minimum Gasteiger partial charge on any atom is -0.406 e. The van der Waals surface area contributed by atoms with E-state index < -0.39 is 21.9 Å². The molecule has 0 saturated carbocycles. The highest BCUT2D eigenvalue weighted by Crippen LogP contribution is 2.34. The van der Waals surface area contributed by atoms with Crippen LogP contribution in [-0.2, 0) is 16.3 Å². The summed E-state index contributed by atoms with van der Waals surface area (Å²) in [6.07, 6.45) is -0.560. The molecule has 0 unspecified atom stereocenters. The molecular formula is C20H15F3N4O3S. The zero-order valence-corrected chi connectivity index (χ0v) is 16.9. The van der Waals surface area contributed by atoms with E-state index in [1.165, 1.54) is 35.5 Å². The predicted molar refractivity (Wildman–Crippen MR) is 105 cm³/mol. The molecule has 0 aliphatic heterocycles. The fourth-order valence-corrected chi connectivity index (χ4v) is 4.52. The van der Waals surface area contributed by atoms with Gasteiger partial charge in [-0.05, 0) is 42.3 Å². The van der Waals surface area contributed by atoms with Crippen molar-refractivity contribution in [1.82, 2.24) is 19.7 Å². The van der Waals surface area contributed by atoms with Crippen molar-refractivity contribution in [3.05, 3.63) is 66.9 Å². The predicted octanol–water partition coefficient (Wildman–Crippen LogP) is 4.11. The summed E-state index contributed by atoms with van der Waals surface area (Å²) < 4.78 is 70.1. The highest BCUT2D eigenvalue weighted by Gasteiger charge is 2.32. The number of pyridine rings is 1. The number of nitrogens with zero attached hydrogens (tertiary/aromatic N) is 4. The maximum Gasteiger partial charge on any atom is 0.573 e. The van der Waals surface area contributed by atoms with Gasteiger partial charge >= 0.3 is 6.36 Å². The number of sulfone groups is 1. The molecule has 0 amide bonds. The lowest BCUT2D eigenvalue weighted by molar-refractivity contribution is -0.274. The number of fused-ring (bicyclic) bond motifs is 1. The molecule has 0 aliphatic rings. The summed E-state index contributed by atoms with van der Waals surface area (Å²) in [5, 5.41) is 4.10. The molecule has 11 heteroatoms. The average Bonchev–Trinajstić information content (AvgIpc) is 3.26. The van der Waals surface area contributed by atoms with Gasteiger partial charge in [-0.2, -0.15) is 5.10 Å². The van der Waals surface area contributed by atoms with Gasteiger partial charge in [-0.25, -0.2) is 18.1 Å². The molecule has 2 aromatic heterocycles. The summed E-state index contributed by atoms with van der Waals surface area (Å²) >= 11 is 0. The van der Waals surface area contributed by atoms with E-state index in [4.69, 9.17) is 0 Å². The van der Waals surface area contributed by atoms with E-state index in [1.54, 1.807) is 12.1 Å². The van der Waals surface area contributed by atoms with Crippen LogP contribution in [0.3, 0.4) is 0 Å². The number of hydrogen-bond donors (Lipinski definition) is 0. The van der Waals surface area contributed by atoms with Crippen molar-refractivity contribution in [2.24, 2.45) is 0 Å². The molecule has 4 aromatic rings. The molecule has 0 N–H and O–H groups in total. The minimum absolute atomic E-state index is 0.0229. The number of ether oxygens (including phenoxy) is 1. The molecule has 4 rings (SSSR count). The molecule has 0 bridgehead atoms. The minimum atomic E-state index is -4.90. The van der Waals surface area contributed by atoms with E-state index in [0.29, 0.717) is 0 Å². The normalized spacial score (nSPS) is 12.3. The van der Waals surface area contributed by atoms with Crippen molar-refractivity contribution in [1.29, 1.82) is 0 Å². The van der Waals surface area contributed by atoms with Gasteiger partial charge in [0.15, 0.2) is 0 Å². The van der Waals surface area contributed by atoms with Crippen molar-refractivity contribution in [3.8, 4) is 11.4 Å². The fraction of sp³-hybridized carbons (Fsp3) is 0.150. The lowest BCUT2D eigenvalue weighted by atomic mass is 10.2. The summed E-state index contributed by atoms with van der Waals surface area (Å²) in [7, 11) is -4.07. The van der Waals surface area contributed by atoms with Gasteiger partial charge in [-0.1, -0.05) is 19.1 Å². The van der Waals surface area contributed by atoms with Gasteiger partial charge in [0.1, 0.15) is 23.3 Å². The quantitative estimate of drug-likeness (QED) is 0.457. The molecule has 0 fully saturated rings. The zero-order chi connectivity index (χ0) is 22.2. The second kappa shape index (κ2) is 7.65. The van der Waals surface area contributed by atoms with Crippen LogP contribution >= 0.6 is 0 Å². The smallest absolute Gasteiger partial charge is 0.406 e. The van der Waals surface area contributed by atoms with Gasteiger partial charge in [0, 0.05) is 11.6 Å². The van der Waals surface area contributed by atoms with Crippen molar-refractivity contribution in [2.75, 3.05) is 0 Å². The third-order valence-electron chi connectivity index (χ3n) is 4.59. The van der Waals surface area contributed by atoms with E-state index in [-0.39, 0.29) is 26.4 Å². The molecule has 2 aromatic carbocycles. The first kappa shape index (κ1) is 20.8. The van der Waals surface area contributed by atoms with Crippen LogP contribution in [0.1, 0.15) is 12.5 Å². The molecule has 31 heavy (non-hydrogen) atoms. The Hall–Kier alpha value is -3.47. The average molecular weight is 448 g/mol. The monoisotopic (exact) mass is 448 g/mol. The summed E-state index contributed by atoms with van der Waals surface area (Å²) in [5.41, 5.74) is 1.25. The van der Waals surface area contributed by atoms with Crippen LogP contribution in [0.25, 0.3) is 16.6 Å². The highest BCUT2D eigenvalue weighted by atomic mass is 32.2. The van der Waals surface area contributed by atoms with Crippen molar-refractivity contribution in [3.63, 3.8) is 0 Å². The lowest BCUT2D eigenvalue weighted by Gasteiger charge is -2.15. The first-order chi connectivity index (χ1) is 14.7. The lowest BCUT2D eigenvalue weighted by Crippen LogP contribution is -2.17. The number of halogens is 3. The molecule has 0 saturated heterocycles. The van der Waals surface area contributed by atoms with Crippen molar-refractivity contribution < 1.29 is 26.3 Å². The van der Waals surface area contributed by atoms with Gasteiger partial charge in [0.25, 0.3) is 0 Å². The summed E-state index contributed by atoms with van der Waals surface area (Å²) in [6.45, 7) is 1.94. The zero-order valence-electron chi connectivity index (χ0n) is 16.0. The van der Waals surface area contributed by atoms with Crippen molar-refractivity contribution in [2.45, 2.75) is 29.5 Å². The van der Waals surface area contributed by atoms with Crippen LogP contribution in [-0.4, -0.2) is 34.5 Å². The molecule has 7 nitrogen and oxygen atoms in total. The van der Waals surface area contributed by atoms with Crippen LogP contribution in [0.5, 0.6) is 5.75 Å². The molecule has 0 aliphatic carbocycles. The molecule has 0 radical (unpaired) electrons. The molecule has 2 heterocycles. The van der Waals surface area contributed by atoms with Crippen LogP contribution in [0.2, 0.25) is 0 Å². The van der Waals surface area contributed by atoms with Crippen LogP contribution in [0.4, 0.5) is 13.2 Å². The van der Waals surface area contributed by atoms with E-state index in [0.717, 1.165) is 30.3 Å². The number of aromatic nitrogens is 4. The maximum atomic E-state index is 13.4. The summed E-state index contributed by atoms with van der Waals surface area (Å²) in [6, 6.07) is 9.85. The topological polar surface area (TPSA) is 87.0 Å². The number of hydrogen-bond acceptors (Lipinski definition) is 6. The Morgan fingerprint density at radius 1 is 1.10 bits per heavy atom. The fourth-order valence-electron chi connectivity index (χ4n) is 3.12. The van der Waals surface area contributed by atoms with Crippen molar-refractivity contribution >= 4 is 20.7 Å². The third kappa shape index (κ3) is 4.08. The standard InChI is InChI=1S/C20H15F3N4O3S/c1-2-13-3-6-15(7-4-13)31(28,29)18-10-25-17-8-5-14(30-20(21,22)23)9-16(17)19(18)27-12-24-11-26-27/h3-12H,2H2,1H3. The molecule has 0 atom stereocenters. The Bertz CT molecular complexity index is 1340. The first-order valence-electron chi connectivity index (χ1n) is 9.06. The third-order valence-corrected chi connectivity index (χ3v) is 6.36. The Balaban J connectivity index is 1.97. The van der Waals surface area contributed by atoms with Crippen LogP contribution in [0.15, 0.2) is 71.1 Å². The van der Waals surface area contributed by atoms with E-state index in [2.05, 4.69) is 19.8 Å². The first-order valence-corrected chi connectivity index (χ1v) is 10.5. The Labute approximate surface area is 175 Å². The molecule has 160 valence electrons. The van der Waals surface area contributed by atoms with Gasteiger partial charge in [-0.15, -0.1) is 13.2 Å². The SMILES string of the molecule is CCc1ccc(S(=O)(=O)c2cnc3ccc(OC(F)(F)F)cc3c2-n2cncn2)cc1. The van der Waals surface area contributed by atoms with Crippen LogP contribution < -0.4 is 4.74 Å². The van der Waals surface area contributed by atoms with E-state index in [9.17, 15) is 21.6 Å². The second-order valence-corrected chi connectivity index (χ2v) is 8.46. The van der Waals surface area contributed by atoms with E-state index in [1.807, 2.05) is 6.92 Å². The Kier molecular flexibility index (Phi) is 5.13. The number of aryl methyl sites for hydroxylation is 1.